The van der Waals surface area contributed by atoms with E-state index in [-0.39, 0.29) is 11.9 Å². The van der Waals surface area contributed by atoms with Crippen LogP contribution in [0.2, 0.25) is 0 Å². The smallest absolute Gasteiger partial charge is 0.322 e. The number of imide groups is 1. The number of fused-ring (bicyclic) bond motifs is 1. The highest BCUT2D eigenvalue weighted by atomic mass is 79.9. The zero-order valence-corrected chi connectivity index (χ0v) is 10.6. The van der Waals surface area contributed by atoms with E-state index >= 15 is 0 Å². The van der Waals surface area contributed by atoms with Crippen LogP contribution in [0.5, 0.6) is 0 Å². The van der Waals surface area contributed by atoms with Gasteiger partial charge in [0.1, 0.15) is 5.54 Å². The van der Waals surface area contributed by atoms with E-state index in [1.165, 1.54) is 5.56 Å². The third-order valence-corrected chi connectivity index (χ3v) is 3.99. The molecule has 1 spiro atoms. The molecule has 1 fully saturated rings. The topological polar surface area (TPSA) is 58.2 Å². The number of amides is 3. The molecule has 0 saturated carbocycles. The lowest BCUT2D eigenvalue weighted by Crippen LogP contribution is -2.51. The molecule has 0 bridgehead atoms. The zero-order chi connectivity index (χ0) is 12.0. The van der Waals surface area contributed by atoms with E-state index in [4.69, 9.17) is 0 Å². The third-order valence-electron chi connectivity index (χ3n) is 3.50. The van der Waals surface area contributed by atoms with Gasteiger partial charge in [0.15, 0.2) is 0 Å². The summed E-state index contributed by atoms with van der Waals surface area (Å²) in [5.74, 6) is -0.198. The highest BCUT2D eigenvalue weighted by molar-refractivity contribution is 9.10. The second-order valence-electron chi connectivity index (χ2n) is 4.58. The van der Waals surface area contributed by atoms with Crippen LogP contribution in [0.4, 0.5) is 4.79 Å². The SMILES string of the molecule is O=C1NC(=O)[C@@]2(CCc3cc(Br)ccc3C2)N1. The molecular formula is C12H11BrN2O2. The van der Waals surface area contributed by atoms with Gasteiger partial charge in [-0.3, -0.25) is 10.1 Å². The number of rotatable bonds is 0. The molecule has 1 atom stereocenters. The lowest BCUT2D eigenvalue weighted by atomic mass is 9.78. The van der Waals surface area contributed by atoms with E-state index < -0.39 is 5.54 Å². The lowest BCUT2D eigenvalue weighted by molar-refractivity contribution is -0.124. The van der Waals surface area contributed by atoms with Crippen LogP contribution in [-0.4, -0.2) is 17.5 Å². The highest BCUT2D eigenvalue weighted by Crippen LogP contribution is 2.32. The normalized spacial score (nSPS) is 26.6. The Balaban J connectivity index is 1.98. The lowest BCUT2D eigenvalue weighted by Gasteiger charge is -2.31. The summed E-state index contributed by atoms with van der Waals surface area (Å²) >= 11 is 3.44. The fourth-order valence-electron chi connectivity index (χ4n) is 2.59. The summed E-state index contributed by atoms with van der Waals surface area (Å²) < 4.78 is 1.05. The van der Waals surface area contributed by atoms with Crippen molar-refractivity contribution in [2.24, 2.45) is 0 Å². The summed E-state index contributed by atoms with van der Waals surface area (Å²) in [6.45, 7) is 0. The molecule has 1 aliphatic heterocycles. The van der Waals surface area contributed by atoms with Crippen molar-refractivity contribution in [2.75, 3.05) is 0 Å². The van der Waals surface area contributed by atoms with E-state index in [0.29, 0.717) is 12.8 Å². The van der Waals surface area contributed by atoms with Gasteiger partial charge in [-0.25, -0.2) is 4.79 Å². The van der Waals surface area contributed by atoms with Crippen LogP contribution >= 0.6 is 15.9 Å². The van der Waals surface area contributed by atoms with Gasteiger partial charge in [-0.15, -0.1) is 0 Å². The van der Waals surface area contributed by atoms with Gasteiger partial charge >= 0.3 is 6.03 Å². The molecule has 17 heavy (non-hydrogen) atoms. The maximum absolute atomic E-state index is 11.8. The van der Waals surface area contributed by atoms with E-state index in [1.54, 1.807) is 0 Å². The minimum Gasteiger partial charge on any atom is -0.323 e. The van der Waals surface area contributed by atoms with Gasteiger partial charge in [-0.1, -0.05) is 22.0 Å². The van der Waals surface area contributed by atoms with Crippen LogP contribution in [0, 0.1) is 0 Å². The fraction of sp³-hybridized carbons (Fsp3) is 0.333. The molecular weight excluding hydrogens is 284 g/mol. The summed E-state index contributed by atoms with van der Waals surface area (Å²) in [6, 6.07) is 5.68. The molecule has 3 rings (SSSR count). The monoisotopic (exact) mass is 294 g/mol. The molecule has 1 aromatic rings. The largest absolute Gasteiger partial charge is 0.323 e. The van der Waals surface area contributed by atoms with E-state index in [0.717, 1.165) is 16.5 Å². The minimum absolute atomic E-state index is 0.198. The molecule has 2 N–H and O–H groups in total. The quantitative estimate of drug-likeness (QED) is 0.713. The van der Waals surface area contributed by atoms with Crippen LogP contribution < -0.4 is 10.6 Å². The maximum Gasteiger partial charge on any atom is 0.322 e. The van der Waals surface area contributed by atoms with Crippen molar-refractivity contribution in [3.05, 3.63) is 33.8 Å². The Bertz CT molecular complexity index is 529. The van der Waals surface area contributed by atoms with Crippen molar-refractivity contribution < 1.29 is 9.59 Å². The van der Waals surface area contributed by atoms with Crippen LogP contribution in [0.1, 0.15) is 17.5 Å². The van der Waals surface area contributed by atoms with Crippen molar-refractivity contribution in [2.45, 2.75) is 24.8 Å². The maximum atomic E-state index is 11.8. The number of carbonyl (C=O) groups is 2. The van der Waals surface area contributed by atoms with Crippen LogP contribution in [0.3, 0.4) is 0 Å². The van der Waals surface area contributed by atoms with Crippen molar-refractivity contribution in [1.29, 1.82) is 0 Å². The predicted octanol–water partition coefficient (Wildman–Crippen LogP) is 1.52. The van der Waals surface area contributed by atoms with Crippen molar-refractivity contribution >= 4 is 27.9 Å². The molecule has 3 amide bonds. The van der Waals surface area contributed by atoms with Crippen LogP contribution in [0.15, 0.2) is 22.7 Å². The summed E-state index contributed by atoms with van der Waals surface area (Å²) in [6.07, 6.45) is 2.05. The summed E-state index contributed by atoms with van der Waals surface area (Å²) in [5.41, 5.74) is 1.66. The molecule has 0 unspecified atom stereocenters. The first-order valence-corrected chi connectivity index (χ1v) is 6.29. The van der Waals surface area contributed by atoms with Crippen molar-refractivity contribution in [3.63, 3.8) is 0 Å². The standard InChI is InChI=1S/C12H11BrN2O2/c13-9-2-1-8-6-12(4-3-7(8)5-9)10(16)14-11(17)15-12/h1-2,5H,3-4,6H2,(H2,14,15,16,17)/t12-/m0/s1. The molecule has 1 aliphatic carbocycles. The number of urea groups is 1. The van der Waals surface area contributed by atoms with Gasteiger partial charge in [0.2, 0.25) is 0 Å². The Morgan fingerprint density at radius 1 is 1.24 bits per heavy atom. The van der Waals surface area contributed by atoms with Gasteiger partial charge < -0.3 is 5.32 Å². The molecule has 5 heteroatoms. The summed E-state index contributed by atoms with van der Waals surface area (Å²) in [5, 5.41) is 5.08. The number of halogens is 1. The van der Waals surface area contributed by atoms with Gasteiger partial charge in [0.25, 0.3) is 5.91 Å². The number of hydrogen-bond acceptors (Lipinski definition) is 2. The van der Waals surface area contributed by atoms with Gasteiger partial charge in [0, 0.05) is 10.9 Å². The van der Waals surface area contributed by atoms with Crippen molar-refractivity contribution in [3.8, 4) is 0 Å². The minimum atomic E-state index is -0.724. The fourth-order valence-corrected chi connectivity index (χ4v) is 3.00. The second kappa shape index (κ2) is 3.57. The number of hydrogen-bond donors (Lipinski definition) is 2. The molecule has 1 aromatic carbocycles. The predicted molar refractivity (Wildman–Crippen MR) is 65.6 cm³/mol. The summed E-state index contributed by atoms with van der Waals surface area (Å²) in [4.78, 5) is 23.1. The Hall–Kier alpha value is -1.36. The van der Waals surface area contributed by atoms with E-state index in [9.17, 15) is 9.59 Å². The number of benzene rings is 1. The van der Waals surface area contributed by atoms with E-state index in [1.807, 2.05) is 12.1 Å². The molecule has 1 heterocycles. The number of aryl methyl sites for hydroxylation is 1. The molecule has 2 aliphatic rings. The van der Waals surface area contributed by atoms with Crippen LogP contribution in [0.25, 0.3) is 0 Å². The van der Waals surface area contributed by atoms with Gasteiger partial charge in [-0.05, 0) is 36.1 Å². The van der Waals surface area contributed by atoms with Crippen LogP contribution in [-0.2, 0) is 17.6 Å². The Morgan fingerprint density at radius 3 is 2.76 bits per heavy atom. The first-order chi connectivity index (χ1) is 8.09. The van der Waals surface area contributed by atoms with E-state index in [2.05, 4.69) is 32.6 Å². The second-order valence-corrected chi connectivity index (χ2v) is 5.50. The first-order valence-electron chi connectivity index (χ1n) is 5.50. The molecule has 0 aromatic heterocycles. The van der Waals surface area contributed by atoms with Gasteiger partial charge in [-0.2, -0.15) is 0 Å². The third kappa shape index (κ3) is 1.65. The Kier molecular flexibility index (Phi) is 2.26. The highest BCUT2D eigenvalue weighted by Gasteiger charge is 2.47. The molecule has 88 valence electrons. The first kappa shape index (κ1) is 10.8. The average molecular weight is 295 g/mol. The van der Waals surface area contributed by atoms with Gasteiger partial charge in [0.05, 0.1) is 0 Å². The number of nitrogens with one attached hydrogen (secondary N) is 2. The number of carbonyl (C=O) groups excluding carboxylic acids is 2. The summed E-state index contributed by atoms with van der Waals surface area (Å²) in [7, 11) is 0. The molecule has 1 saturated heterocycles. The molecule has 4 nitrogen and oxygen atoms in total. The van der Waals surface area contributed by atoms with Crippen molar-refractivity contribution in [1.82, 2.24) is 10.6 Å². The Morgan fingerprint density at radius 2 is 2.06 bits per heavy atom. The molecule has 0 radical (unpaired) electrons. The Labute approximate surface area is 107 Å². The average Bonchev–Trinajstić information content (AvgIpc) is 2.54. The zero-order valence-electron chi connectivity index (χ0n) is 9.05.